The monoisotopic (exact) mass is 406 g/mol. The van der Waals surface area contributed by atoms with E-state index in [0.29, 0.717) is 12.3 Å². The van der Waals surface area contributed by atoms with Gasteiger partial charge in [-0.3, -0.25) is 9.69 Å². The fourth-order valence-electron chi connectivity index (χ4n) is 4.87. The van der Waals surface area contributed by atoms with Gasteiger partial charge in [-0.2, -0.15) is 0 Å². The zero-order valence-corrected chi connectivity index (χ0v) is 18.0. The van der Waals surface area contributed by atoms with Crippen LogP contribution in [-0.2, 0) is 24.2 Å². The number of fused-ring (bicyclic) bond motifs is 1. The zero-order chi connectivity index (χ0) is 20.6. The molecule has 0 radical (unpaired) electrons. The number of carbonyl (C=O) groups excluding carboxylic acids is 1. The van der Waals surface area contributed by atoms with Crippen molar-refractivity contribution in [3.63, 3.8) is 0 Å². The smallest absolute Gasteiger partial charge is 0.225 e. The molecule has 0 bridgehead atoms. The van der Waals surface area contributed by atoms with Gasteiger partial charge in [0.05, 0.1) is 5.69 Å². The van der Waals surface area contributed by atoms with E-state index in [4.69, 9.17) is 0 Å². The summed E-state index contributed by atoms with van der Waals surface area (Å²) in [6.07, 6.45) is 12.9. The molecule has 1 aliphatic carbocycles. The summed E-state index contributed by atoms with van der Waals surface area (Å²) >= 11 is 0. The molecular formula is C25H34N4O. The second kappa shape index (κ2) is 10.7. The van der Waals surface area contributed by atoms with Crippen LogP contribution in [0.3, 0.4) is 0 Å². The lowest BCUT2D eigenvalue weighted by atomic mass is 9.96. The molecule has 1 aromatic carbocycles. The highest BCUT2D eigenvalue weighted by molar-refractivity contribution is 5.90. The van der Waals surface area contributed by atoms with Crippen LogP contribution in [0.15, 0.2) is 36.7 Å². The highest BCUT2D eigenvalue weighted by Crippen LogP contribution is 2.27. The Morgan fingerprint density at radius 3 is 2.67 bits per heavy atom. The van der Waals surface area contributed by atoms with Crippen LogP contribution in [0.5, 0.6) is 0 Å². The zero-order valence-electron chi connectivity index (χ0n) is 18.0. The van der Waals surface area contributed by atoms with Crippen molar-refractivity contribution in [3.8, 4) is 0 Å². The van der Waals surface area contributed by atoms with Crippen molar-refractivity contribution < 1.29 is 4.79 Å². The molecule has 5 nitrogen and oxygen atoms in total. The number of nitrogens with one attached hydrogen (secondary N) is 1. The quantitative estimate of drug-likeness (QED) is 0.673. The van der Waals surface area contributed by atoms with Gasteiger partial charge in [-0.1, -0.05) is 56.0 Å². The summed E-state index contributed by atoms with van der Waals surface area (Å²) in [6, 6.07) is 10.7. The second-order valence-electron chi connectivity index (χ2n) is 8.87. The van der Waals surface area contributed by atoms with E-state index in [1.165, 1.54) is 44.1 Å². The Balaban J connectivity index is 1.29. The molecule has 30 heavy (non-hydrogen) atoms. The van der Waals surface area contributed by atoms with Crippen molar-refractivity contribution in [1.82, 2.24) is 14.9 Å². The van der Waals surface area contributed by atoms with Crippen molar-refractivity contribution in [2.24, 2.45) is 5.92 Å². The topological polar surface area (TPSA) is 58.1 Å². The number of hydrogen-bond donors (Lipinski definition) is 1. The van der Waals surface area contributed by atoms with Gasteiger partial charge in [0.15, 0.2) is 0 Å². The number of aryl methyl sites for hydroxylation is 1. The summed E-state index contributed by atoms with van der Waals surface area (Å²) < 4.78 is 0. The normalized spacial score (nSPS) is 17.9. The van der Waals surface area contributed by atoms with Gasteiger partial charge in [0.2, 0.25) is 5.91 Å². The Labute approximate surface area is 180 Å². The molecule has 1 saturated carbocycles. The van der Waals surface area contributed by atoms with Crippen molar-refractivity contribution in [1.29, 1.82) is 0 Å². The summed E-state index contributed by atoms with van der Waals surface area (Å²) in [6.45, 7) is 2.92. The van der Waals surface area contributed by atoms with E-state index in [1.54, 1.807) is 6.33 Å². The van der Waals surface area contributed by atoms with E-state index in [0.717, 1.165) is 56.0 Å². The molecule has 1 amide bonds. The van der Waals surface area contributed by atoms with Crippen molar-refractivity contribution in [2.45, 2.75) is 70.8 Å². The maximum absolute atomic E-state index is 12.6. The van der Waals surface area contributed by atoms with Gasteiger partial charge in [-0.05, 0) is 50.1 Å². The summed E-state index contributed by atoms with van der Waals surface area (Å²) in [4.78, 5) is 24.0. The predicted octanol–water partition coefficient (Wildman–Crippen LogP) is 4.77. The van der Waals surface area contributed by atoms with E-state index < -0.39 is 0 Å². The van der Waals surface area contributed by atoms with Gasteiger partial charge in [0.25, 0.3) is 0 Å². The molecule has 2 aliphatic rings. The molecule has 0 unspecified atom stereocenters. The van der Waals surface area contributed by atoms with Crippen LogP contribution in [0.25, 0.3) is 0 Å². The average molecular weight is 407 g/mol. The number of hydrogen-bond acceptors (Lipinski definition) is 4. The molecule has 0 atom stereocenters. The van der Waals surface area contributed by atoms with Gasteiger partial charge >= 0.3 is 0 Å². The fourth-order valence-corrected chi connectivity index (χ4v) is 4.87. The lowest BCUT2D eigenvalue weighted by Gasteiger charge is -2.28. The molecular weight excluding hydrogens is 372 g/mol. The minimum absolute atomic E-state index is 0.119. The summed E-state index contributed by atoms with van der Waals surface area (Å²) in [7, 11) is 0. The Morgan fingerprint density at radius 2 is 1.87 bits per heavy atom. The number of aromatic nitrogens is 2. The van der Waals surface area contributed by atoms with E-state index in [-0.39, 0.29) is 5.91 Å². The number of anilines is 1. The number of amides is 1. The first-order chi connectivity index (χ1) is 14.8. The Bertz CT molecular complexity index is 815. The van der Waals surface area contributed by atoms with Gasteiger partial charge in [0, 0.05) is 25.1 Å². The molecule has 1 N–H and O–H groups in total. The third kappa shape index (κ3) is 5.88. The average Bonchev–Trinajstić information content (AvgIpc) is 3.03. The predicted molar refractivity (Wildman–Crippen MR) is 120 cm³/mol. The van der Waals surface area contributed by atoms with E-state index >= 15 is 0 Å². The molecule has 2 aromatic rings. The first-order valence-electron chi connectivity index (χ1n) is 11.7. The number of nitrogens with zero attached hydrogens (tertiary/aromatic N) is 3. The third-order valence-corrected chi connectivity index (χ3v) is 6.58. The number of rotatable bonds is 7. The van der Waals surface area contributed by atoms with Crippen LogP contribution >= 0.6 is 0 Å². The first kappa shape index (κ1) is 21.0. The molecule has 1 aromatic heterocycles. The molecule has 4 rings (SSSR count). The molecule has 5 heteroatoms. The fraction of sp³-hybridized carbons (Fsp3) is 0.560. The number of benzene rings is 1. The highest BCUT2D eigenvalue weighted by atomic mass is 16.1. The van der Waals surface area contributed by atoms with Crippen LogP contribution in [0.4, 0.5) is 5.82 Å². The first-order valence-corrected chi connectivity index (χ1v) is 11.7. The Morgan fingerprint density at radius 1 is 1.07 bits per heavy atom. The second-order valence-corrected chi connectivity index (χ2v) is 8.87. The van der Waals surface area contributed by atoms with Crippen LogP contribution in [-0.4, -0.2) is 33.9 Å². The summed E-state index contributed by atoms with van der Waals surface area (Å²) in [5, 5.41) is 3.11. The van der Waals surface area contributed by atoms with Crippen LogP contribution in [0.2, 0.25) is 0 Å². The third-order valence-electron chi connectivity index (χ3n) is 6.58. The molecule has 160 valence electrons. The van der Waals surface area contributed by atoms with Gasteiger partial charge in [0.1, 0.15) is 12.1 Å². The lowest BCUT2D eigenvalue weighted by Crippen LogP contribution is -2.33. The minimum Gasteiger partial charge on any atom is -0.310 e. The molecule has 1 fully saturated rings. The lowest BCUT2D eigenvalue weighted by molar-refractivity contribution is -0.117. The largest absolute Gasteiger partial charge is 0.310 e. The SMILES string of the molecule is O=C(CC1CCCCCC1)Nc1ncnc2c1CCN(CCCc1ccccc1)C2. The Kier molecular flexibility index (Phi) is 7.46. The maximum atomic E-state index is 12.6. The summed E-state index contributed by atoms with van der Waals surface area (Å²) in [5.41, 5.74) is 3.60. The van der Waals surface area contributed by atoms with Crippen LogP contribution < -0.4 is 5.32 Å². The Hall–Kier alpha value is -2.27. The van der Waals surface area contributed by atoms with Crippen molar-refractivity contribution >= 4 is 11.7 Å². The standard InChI is InChI=1S/C25H34N4O/c30-24(17-21-11-4-1-2-5-12-21)28-25-22-14-16-29(18-23(22)26-19-27-25)15-8-13-20-9-6-3-7-10-20/h3,6-7,9-10,19,21H,1-2,4-5,8,11-18H2,(H,26,27,28,30). The highest BCUT2D eigenvalue weighted by Gasteiger charge is 2.22. The minimum atomic E-state index is 0.119. The summed E-state index contributed by atoms with van der Waals surface area (Å²) in [5.74, 6) is 1.39. The molecule has 0 saturated heterocycles. The van der Waals surface area contributed by atoms with E-state index in [1.807, 2.05) is 0 Å². The van der Waals surface area contributed by atoms with E-state index in [9.17, 15) is 4.79 Å². The van der Waals surface area contributed by atoms with Crippen molar-refractivity contribution in [3.05, 3.63) is 53.5 Å². The molecule has 1 aliphatic heterocycles. The van der Waals surface area contributed by atoms with Gasteiger partial charge < -0.3 is 5.32 Å². The van der Waals surface area contributed by atoms with E-state index in [2.05, 4.69) is 50.5 Å². The van der Waals surface area contributed by atoms with Gasteiger partial charge in [-0.25, -0.2) is 9.97 Å². The van der Waals surface area contributed by atoms with Gasteiger partial charge in [-0.15, -0.1) is 0 Å². The molecule has 0 spiro atoms. The van der Waals surface area contributed by atoms with Crippen molar-refractivity contribution in [2.75, 3.05) is 18.4 Å². The number of carbonyl (C=O) groups is 1. The van der Waals surface area contributed by atoms with Crippen LogP contribution in [0.1, 0.15) is 68.2 Å². The molecule has 2 heterocycles. The maximum Gasteiger partial charge on any atom is 0.225 e. The van der Waals surface area contributed by atoms with Crippen LogP contribution in [0, 0.1) is 5.92 Å².